The van der Waals surface area contributed by atoms with Crippen LogP contribution >= 0.6 is 0 Å². The molecule has 2 aliphatic heterocycles. The minimum Gasteiger partial charge on any atom is -0.351 e. The van der Waals surface area contributed by atoms with Crippen LogP contribution in [-0.2, 0) is 14.3 Å². The third kappa shape index (κ3) is 3.65. The summed E-state index contributed by atoms with van der Waals surface area (Å²) in [5, 5.41) is 2.12. The van der Waals surface area contributed by atoms with Gasteiger partial charge in [0, 0.05) is 12.5 Å². The molecule has 2 atom stereocenters. The van der Waals surface area contributed by atoms with Crippen LogP contribution in [0.5, 0.6) is 0 Å². The molecule has 19 heavy (non-hydrogen) atoms. The molecule has 3 amide bonds. The largest absolute Gasteiger partial charge is 0.351 e. The molecule has 0 bridgehead atoms. The summed E-state index contributed by atoms with van der Waals surface area (Å²) in [6.45, 7) is 4.61. The molecule has 0 unspecified atom stereocenters. The fourth-order valence-electron chi connectivity index (χ4n) is 2.65. The van der Waals surface area contributed by atoms with Crippen LogP contribution in [0.15, 0.2) is 0 Å². The Morgan fingerprint density at radius 2 is 2.05 bits per heavy atom. The van der Waals surface area contributed by atoms with E-state index in [4.69, 9.17) is 15.2 Å². The summed E-state index contributed by atoms with van der Waals surface area (Å²) < 4.78 is 11.0. The number of nitrogens with one attached hydrogen (secondary N) is 1. The highest BCUT2D eigenvalue weighted by molar-refractivity contribution is 5.96. The molecular weight excluding hydrogens is 250 g/mol. The molecule has 7 nitrogen and oxygen atoms in total. The van der Waals surface area contributed by atoms with E-state index in [1.807, 2.05) is 4.90 Å². The van der Waals surface area contributed by atoms with Gasteiger partial charge in [0.1, 0.15) is 0 Å². The van der Waals surface area contributed by atoms with Crippen molar-refractivity contribution in [3.05, 3.63) is 0 Å². The van der Waals surface area contributed by atoms with Gasteiger partial charge in [-0.05, 0) is 26.3 Å². The molecule has 0 aromatic carbocycles. The normalized spacial score (nSPS) is 27.1. The van der Waals surface area contributed by atoms with Crippen LogP contribution in [0.25, 0.3) is 0 Å². The second-order valence-electron chi connectivity index (χ2n) is 5.04. The van der Waals surface area contributed by atoms with Crippen LogP contribution in [0.4, 0.5) is 4.79 Å². The number of nitrogens with zero attached hydrogens (tertiary/aromatic N) is 1. The number of imide groups is 1. The molecule has 0 saturated carbocycles. The molecule has 0 aliphatic carbocycles. The molecular formula is C12H21N3O4. The first-order valence-electron chi connectivity index (χ1n) is 6.65. The average molecular weight is 271 g/mol. The van der Waals surface area contributed by atoms with Crippen LogP contribution in [0.3, 0.4) is 0 Å². The molecule has 0 aromatic heterocycles. The van der Waals surface area contributed by atoms with Gasteiger partial charge >= 0.3 is 6.03 Å². The molecule has 2 saturated heterocycles. The number of urea groups is 1. The number of nitrogens with two attached hydrogens (primary N) is 1. The number of primary amides is 1. The second kappa shape index (κ2) is 6.31. The van der Waals surface area contributed by atoms with Gasteiger partial charge in [-0.15, -0.1) is 0 Å². The Morgan fingerprint density at radius 3 is 2.68 bits per heavy atom. The number of likely N-dealkylation sites (tertiary alicyclic amines) is 1. The van der Waals surface area contributed by atoms with Gasteiger partial charge in [-0.1, -0.05) is 0 Å². The first kappa shape index (κ1) is 14.2. The predicted molar refractivity (Wildman–Crippen MR) is 67.2 cm³/mol. The van der Waals surface area contributed by atoms with E-state index in [0.29, 0.717) is 13.2 Å². The van der Waals surface area contributed by atoms with Gasteiger partial charge in [0.05, 0.1) is 19.3 Å². The topological polar surface area (TPSA) is 93.9 Å². The zero-order valence-corrected chi connectivity index (χ0v) is 11.1. The highest BCUT2D eigenvalue weighted by Gasteiger charge is 2.34. The summed E-state index contributed by atoms with van der Waals surface area (Å²) in [4.78, 5) is 24.5. The summed E-state index contributed by atoms with van der Waals surface area (Å²) in [6.07, 6.45) is 1.86. The zero-order chi connectivity index (χ0) is 13.8. The smallest absolute Gasteiger partial charge is 0.318 e. The summed E-state index contributed by atoms with van der Waals surface area (Å²) in [5.74, 6) is -0.0820. The standard InChI is InChI=1S/C12H21N3O4/c1-8(10(16)14-12(13)17)15-4-2-3-9(7-15)11-18-5-6-19-11/h8-9,11H,2-7H2,1H3,(H3,13,14,16,17)/t8-,9-/m0/s1. The molecule has 2 rings (SSSR count). The average Bonchev–Trinajstić information content (AvgIpc) is 2.91. The Balaban J connectivity index is 1.88. The maximum absolute atomic E-state index is 11.8. The van der Waals surface area contributed by atoms with Gasteiger partial charge < -0.3 is 15.2 Å². The number of carbonyl (C=O) groups is 2. The minimum atomic E-state index is -0.812. The van der Waals surface area contributed by atoms with Crippen molar-refractivity contribution in [3.63, 3.8) is 0 Å². The third-order valence-corrected chi connectivity index (χ3v) is 3.70. The lowest BCUT2D eigenvalue weighted by molar-refractivity contribution is -0.129. The number of hydrogen-bond donors (Lipinski definition) is 2. The molecule has 2 heterocycles. The zero-order valence-electron chi connectivity index (χ0n) is 11.1. The quantitative estimate of drug-likeness (QED) is 0.732. The number of piperidine rings is 1. The van der Waals surface area contributed by atoms with Crippen molar-refractivity contribution >= 4 is 11.9 Å². The monoisotopic (exact) mass is 271 g/mol. The van der Waals surface area contributed by atoms with Gasteiger partial charge in [0.15, 0.2) is 6.29 Å². The van der Waals surface area contributed by atoms with E-state index in [2.05, 4.69) is 5.32 Å². The predicted octanol–water partition coefficient (Wildman–Crippen LogP) is -0.345. The third-order valence-electron chi connectivity index (χ3n) is 3.70. The van der Waals surface area contributed by atoms with Crippen LogP contribution in [0, 0.1) is 5.92 Å². The van der Waals surface area contributed by atoms with Gasteiger partial charge in [0.2, 0.25) is 5.91 Å². The number of hydrogen-bond acceptors (Lipinski definition) is 5. The second-order valence-corrected chi connectivity index (χ2v) is 5.04. The Hall–Kier alpha value is -1.18. The fourth-order valence-corrected chi connectivity index (χ4v) is 2.65. The van der Waals surface area contributed by atoms with Gasteiger partial charge in [0.25, 0.3) is 0 Å². The van der Waals surface area contributed by atoms with Crippen LogP contribution in [0.2, 0.25) is 0 Å². The lowest BCUT2D eigenvalue weighted by Crippen LogP contribution is -2.52. The lowest BCUT2D eigenvalue weighted by Gasteiger charge is -2.37. The lowest BCUT2D eigenvalue weighted by atomic mass is 9.96. The molecule has 0 aromatic rings. The van der Waals surface area contributed by atoms with Crippen LogP contribution in [-0.4, -0.2) is 55.5 Å². The van der Waals surface area contributed by atoms with E-state index in [-0.39, 0.29) is 24.2 Å². The van der Waals surface area contributed by atoms with Gasteiger partial charge in [-0.3, -0.25) is 15.0 Å². The molecule has 0 spiro atoms. The number of ether oxygens (including phenoxy) is 2. The van der Waals surface area contributed by atoms with E-state index in [0.717, 1.165) is 25.9 Å². The highest BCUT2D eigenvalue weighted by atomic mass is 16.7. The van der Waals surface area contributed by atoms with Crippen LogP contribution in [0.1, 0.15) is 19.8 Å². The maximum Gasteiger partial charge on any atom is 0.318 e. The summed E-state index contributed by atoms with van der Waals surface area (Å²) in [5.41, 5.74) is 4.96. The SMILES string of the molecule is C[C@@H](C(=O)NC(N)=O)N1CCC[C@H](C2OCCO2)C1. The first-order valence-corrected chi connectivity index (χ1v) is 6.65. The van der Waals surface area contributed by atoms with E-state index < -0.39 is 6.03 Å². The van der Waals surface area contributed by atoms with Crippen molar-refractivity contribution in [2.45, 2.75) is 32.1 Å². The fraction of sp³-hybridized carbons (Fsp3) is 0.833. The molecule has 7 heteroatoms. The van der Waals surface area contributed by atoms with Crippen molar-refractivity contribution in [1.82, 2.24) is 10.2 Å². The summed E-state index contributed by atoms with van der Waals surface area (Å²) in [7, 11) is 0. The Morgan fingerprint density at radius 1 is 1.37 bits per heavy atom. The number of carbonyl (C=O) groups excluding carboxylic acids is 2. The van der Waals surface area contributed by atoms with E-state index in [1.165, 1.54) is 0 Å². The molecule has 3 N–H and O–H groups in total. The van der Waals surface area contributed by atoms with Gasteiger partial charge in [-0.25, -0.2) is 4.79 Å². The Bertz CT molecular complexity index is 344. The van der Waals surface area contributed by atoms with Crippen molar-refractivity contribution in [3.8, 4) is 0 Å². The maximum atomic E-state index is 11.8. The number of amides is 3. The summed E-state index contributed by atoms with van der Waals surface area (Å²) in [6, 6.07) is -1.19. The van der Waals surface area contributed by atoms with Crippen molar-refractivity contribution < 1.29 is 19.1 Å². The van der Waals surface area contributed by atoms with Crippen molar-refractivity contribution in [2.75, 3.05) is 26.3 Å². The summed E-state index contributed by atoms with van der Waals surface area (Å²) >= 11 is 0. The molecule has 0 radical (unpaired) electrons. The van der Waals surface area contributed by atoms with E-state index >= 15 is 0 Å². The van der Waals surface area contributed by atoms with Crippen molar-refractivity contribution in [1.29, 1.82) is 0 Å². The molecule has 2 aliphatic rings. The highest BCUT2D eigenvalue weighted by Crippen LogP contribution is 2.25. The van der Waals surface area contributed by atoms with Gasteiger partial charge in [-0.2, -0.15) is 0 Å². The van der Waals surface area contributed by atoms with E-state index in [1.54, 1.807) is 6.92 Å². The Kier molecular flexibility index (Phi) is 4.73. The number of rotatable bonds is 3. The first-order chi connectivity index (χ1) is 9.08. The van der Waals surface area contributed by atoms with Crippen LogP contribution < -0.4 is 11.1 Å². The molecule has 108 valence electrons. The van der Waals surface area contributed by atoms with E-state index in [9.17, 15) is 9.59 Å². The Labute approximate surface area is 112 Å². The molecule has 2 fully saturated rings. The van der Waals surface area contributed by atoms with Crippen molar-refractivity contribution in [2.24, 2.45) is 11.7 Å². The minimum absolute atomic E-state index is 0.158.